The van der Waals surface area contributed by atoms with E-state index in [-0.39, 0.29) is 18.9 Å². The number of carbonyl (C=O) groups is 2. The van der Waals surface area contributed by atoms with Crippen LogP contribution < -0.4 is 10.1 Å². The van der Waals surface area contributed by atoms with E-state index in [1.807, 2.05) is 36.4 Å². The highest BCUT2D eigenvalue weighted by atomic mass is 16.5. The van der Waals surface area contributed by atoms with Gasteiger partial charge in [0.2, 0.25) is 0 Å². The van der Waals surface area contributed by atoms with Gasteiger partial charge in [-0.05, 0) is 46.7 Å². The summed E-state index contributed by atoms with van der Waals surface area (Å²) in [6, 6.07) is 21.4. The van der Waals surface area contributed by atoms with Crippen molar-refractivity contribution in [3.8, 4) is 16.9 Å². The van der Waals surface area contributed by atoms with Crippen molar-refractivity contribution in [1.82, 2.24) is 5.32 Å². The van der Waals surface area contributed by atoms with Gasteiger partial charge in [-0.1, -0.05) is 60.7 Å². The first kappa shape index (κ1) is 20.1. The summed E-state index contributed by atoms with van der Waals surface area (Å²) in [5.41, 5.74) is 4.28. The lowest BCUT2D eigenvalue weighted by Crippen LogP contribution is -2.50. The highest BCUT2D eigenvalue weighted by Crippen LogP contribution is 2.45. The minimum absolute atomic E-state index is 0.0927. The molecule has 2 aliphatic rings. The van der Waals surface area contributed by atoms with Crippen LogP contribution in [0.3, 0.4) is 0 Å². The first-order valence-corrected chi connectivity index (χ1v) is 10.6. The number of benzene rings is 3. The molecule has 3 aromatic rings. The molecule has 162 valence electrons. The number of alkyl carbamates (subject to hydrolysis) is 1. The summed E-state index contributed by atoms with van der Waals surface area (Å²) in [4.78, 5) is 25.1. The van der Waals surface area contributed by atoms with Crippen LogP contribution in [0, 0.1) is 0 Å². The topological polar surface area (TPSA) is 84.9 Å². The fourth-order valence-corrected chi connectivity index (χ4v) is 5.08. The molecule has 1 amide bonds. The van der Waals surface area contributed by atoms with Crippen molar-refractivity contribution in [2.45, 2.75) is 24.3 Å². The lowest BCUT2D eigenvalue weighted by molar-refractivity contribution is -0.145. The van der Waals surface area contributed by atoms with Crippen molar-refractivity contribution >= 4 is 12.1 Å². The second-order valence-electron chi connectivity index (χ2n) is 8.15. The number of ether oxygens (including phenoxy) is 2. The van der Waals surface area contributed by atoms with E-state index in [4.69, 9.17) is 9.47 Å². The average Bonchev–Trinajstić information content (AvgIpc) is 3.34. The molecule has 0 fully saturated rings. The van der Waals surface area contributed by atoms with E-state index in [0.29, 0.717) is 17.7 Å². The maximum atomic E-state index is 12.8. The van der Waals surface area contributed by atoms with Crippen molar-refractivity contribution in [3.63, 3.8) is 0 Å². The molecule has 5 rings (SSSR count). The number of rotatable bonds is 5. The van der Waals surface area contributed by atoms with Crippen LogP contribution >= 0.6 is 0 Å². The zero-order valence-electron chi connectivity index (χ0n) is 17.6. The molecule has 2 aliphatic carbocycles. The Morgan fingerprint density at radius 2 is 1.66 bits per heavy atom. The predicted molar refractivity (Wildman–Crippen MR) is 119 cm³/mol. The summed E-state index contributed by atoms with van der Waals surface area (Å²) in [6.07, 6.45) is -0.0118. The van der Waals surface area contributed by atoms with Gasteiger partial charge < -0.3 is 19.9 Å². The molecule has 0 bridgehead atoms. The molecule has 0 saturated heterocycles. The molecule has 1 atom stereocenters. The fourth-order valence-electron chi connectivity index (χ4n) is 5.08. The molecule has 0 aliphatic heterocycles. The Morgan fingerprint density at radius 3 is 2.28 bits per heavy atom. The predicted octanol–water partition coefficient (Wildman–Crippen LogP) is 4.46. The van der Waals surface area contributed by atoms with Crippen molar-refractivity contribution in [1.29, 1.82) is 0 Å². The molecule has 32 heavy (non-hydrogen) atoms. The molecule has 1 unspecified atom stereocenters. The number of carboxylic acids is 1. The second kappa shape index (κ2) is 7.71. The number of fused-ring (bicyclic) bond motifs is 4. The smallest absolute Gasteiger partial charge is 0.408 e. The van der Waals surface area contributed by atoms with Crippen molar-refractivity contribution in [3.05, 3.63) is 89.0 Å². The van der Waals surface area contributed by atoms with Gasteiger partial charge in [0.05, 0.1) is 7.11 Å². The van der Waals surface area contributed by atoms with Crippen molar-refractivity contribution < 1.29 is 24.2 Å². The van der Waals surface area contributed by atoms with Gasteiger partial charge in [-0.25, -0.2) is 9.59 Å². The Hall–Kier alpha value is -3.80. The Balaban J connectivity index is 1.38. The number of hydrogen-bond acceptors (Lipinski definition) is 4. The maximum Gasteiger partial charge on any atom is 0.408 e. The molecule has 0 saturated carbocycles. The van der Waals surface area contributed by atoms with E-state index in [2.05, 4.69) is 17.4 Å². The van der Waals surface area contributed by atoms with E-state index < -0.39 is 17.6 Å². The van der Waals surface area contributed by atoms with E-state index in [1.54, 1.807) is 25.3 Å². The number of carboxylic acid groups (broad SMARTS) is 1. The summed E-state index contributed by atoms with van der Waals surface area (Å²) in [5.74, 6) is -0.581. The van der Waals surface area contributed by atoms with Crippen LogP contribution in [0.2, 0.25) is 0 Å². The summed E-state index contributed by atoms with van der Waals surface area (Å²) in [7, 11) is 1.55. The fraction of sp³-hybridized carbons (Fsp3) is 0.231. The number of amides is 1. The maximum absolute atomic E-state index is 12.8. The van der Waals surface area contributed by atoms with Gasteiger partial charge in [-0.2, -0.15) is 0 Å². The van der Waals surface area contributed by atoms with Gasteiger partial charge in [-0.15, -0.1) is 0 Å². The molecular formula is C26H23NO5. The van der Waals surface area contributed by atoms with Gasteiger partial charge in [0.25, 0.3) is 0 Å². The van der Waals surface area contributed by atoms with Crippen LogP contribution in [0.5, 0.6) is 5.75 Å². The van der Waals surface area contributed by atoms with E-state index >= 15 is 0 Å². The third-order valence-electron chi connectivity index (χ3n) is 6.59. The highest BCUT2D eigenvalue weighted by molar-refractivity contribution is 5.88. The van der Waals surface area contributed by atoms with Gasteiger partial charge in [-0.3, -0.25) is 0 Å². The Bertz CT molecular complexity index is 1170. The molecule has 2 N–H and O–H groups in total. The molecule has 0 heterocycles. The Kier molecular flexibility index (Phi) is 4.85. The van der Waals surface area contributed by atoms with Gasteiger partial charge in [0.1, 0.15) is 12.4 Å². The van der Waals surface area contributed by atoms with Gasteiger partial charge >= 0.3 is 12.1 Å². The first-order valence-electron chi connectivity index (χ1n) is 10.6. The number of carbonyl (C=O) groups excluding carboxylic acids is 1. The van der Waals surface area contributed by atoms with Crippen LogP contribution in [0.25, 0.3) is 11.1 Å². The molecular weight excluding hydrogens is 406 g/mol. The standard InChI is InChI=1S/C26H23NO5/c1-31-23-12-6-11-22-20(23)13-14-26(22,24(28)29)27-25(30)32-15-21-18-9-4-2-7-16(18)17-8-3-5-10-19(17)21/h2-12,21H,13-15H2,1H3,(H,27,30)(H,28,29). The van der Waals surface area contributed by atoms with Crippen molar-refractivity contribution in [2.24, 2.45) is 0 Å². The van der Waals surface area contributed by atoms with E-state index in [9.17, 15) is 14.7 Å². The average molecular weight is 429 g/mol. The SMILES string of the molecule is COc1cccc2c1CCC2(NC(=O)OCC1c2ccccc2-c2ccccc21)C(=O)O. The van der Waals surface area contributed by atoms with Crippen LogP contribution in [0.1, 0.15) is 34.6 Å². The summed E-state index contributed by atoms with van der Waals surface area (Å²) in [6.45, 7) is 0.126. The second-order valence-corrected chi connectivity index (χ2v) is 8.15. The van der Waals surface area contributed by atoms with Crippen LogP contribution in [0.15, 0.2) is 66.7 Å². The van der Waals surface area contributed by atoms with Gasteiger partial charge in [0, 0.05) is 11.5 Å². The molecule has 0 spiro atoms. The summed E-state index contributed by atoms with van der Waals surface area (Å²) >= 11 is 0. The Morgan fingerprint density at radius 1 is 1.00 bits per heavy atom. The summed E-state index contributed by atoms with van der Waals surface area (Å²) < 4.78 is 11.0. The van der Waals surface area contributed by atoms with Crippen molar-refractivity contribution in [2.75, 3.05) is 13.7 Å². The lowest BCUT2D eigenvalue weighted by Gasteiger charge is -2.27. The van der Waals surface area contributed by atoms with Crippen LogP contribution in [-0.2, 0) is 21.5 Å². The molecule has 0 aromatic heterocycles. The third-order valence-corrected chi connectivity index (χ3v) is 6.59. The summed E-state index contributed by atoms with van der Waals surface area (Å²) in [5, 5.41) is 12.7. The molecule has 6 nitrogen and oxygen atoms in total. The highest BCUT2D eigenvalue weighted by Gasteiger charge is 2.48. The number of hydrogen-bond donors (Lipinski definition) is 2. The molecule has 0 radical (unpaired) electrons. The van der Waals surface area contributed by atoms with Gasteiger partial charge in [0.15, 0.2) is 5.54 Å². The van der Waals surface area contributed by atoms with E-state index in [1.165, 1.54) is 0 Å². The third kappa shape index (κ3) is 3.02. The zero-order chi connectivity index (χ0) is 22.3. The normalized spacial score (nSPS) is 18.4. The lowest BCUT2D eigenvalue weighted by atomic mass is 9.92. The van der Waals surface area contributed by atoms with Crippen LogP contribution in [0.4, 0.5) is 4.79 Å². The monoisotopic (exact) mass is 429 g/mol. The van der Waals surface area contributed by atoms with E-state index in [0.717, 1.165) is 27.8 Å². The Labute approximate surface area is 185 Å². The first-order chi connectivity index (χ1) is 15.5. The quantitative estimate of drug-likeness (QED) is 0.626. The molecule has 6 heteroatoms. The molecule has 3 aromatic carbocycles. The minimum atomic E-state index is -1.54. The number of nitrogens with one attached hydrogen (secondary N) is 1. The number of aliphatic carboxylic acids is 1. The van der Waals surface area contributed by atoms with Crippen LogP contribution in [-0.4, -0.2) is 30.9 Å². The number of methoxy groups -OCH3 is 1. The zero-order valence-corrected chi connectivity index (χ0v) is 17.6. The minimum Gasteiger partial charge on any atom is -0.496 e. The largest absolute Gasteiger partial charge is 0.496 e.